The number of anilines is 1. The average molecular weight is 305 g/mol. The monoisotopic (exact) mass is 305 g/mol. The summed E-state index contributed by atoms with van der Waals surface area (Å²) in [6.07, 6.45) is 3.58. The van der Waals surface area contributed by atoms with Gasteiger partial charge in [0.05, 0.1) is 0 Å². The number of carbonyl (C=O) groups excluding carboxylic acids is 1. The second-order valence-electron chi connectivity index (χ2n) is 5.07. The number of hydrogen-bond donors (Lipinski definition) is 0. The smallest absolute Gasteiger partial charge is 0.289 e. The Bertz CT molecular complexity index is 594. The summed E-state index contributed by atoms with van der Waals surface area (Å²) in [5.41, 5.74) is 0. The fourth-order valence-corrected chi connectivity index (χ4v) is 3.22. The minimum atomic E-state index is -0.00399. The van der Waals surface area contributed by atoms with Gasteiger partial charge in [-0.2, -0.15) is 0 Å². The van der Waals surface area contributed by atoms with Crippen LogP contribution in [0.1, 0.15) is 29.7 Å². The molecule has 1 aliphatic rings. The summed E-state index contributed by atoms with van der Waals surface area (Å²) in [5, 5.41) is 3.02. The maximum atomic E-state index is 12.5. The maximum Gasteiger partial charge on any atom is 0.289 e. The molecule has 0 bridgehead atoms. The molecule has 6 heteroatoms. The summed E-state index contributed by atoms with van der Waals surface area (Å²) >= 11 is 1.64. The van der Waals surface area contributed by atoms with Gasteiger partial charge in [0.1, 0.15) is 5.76 Å². The highest BCUT2D eigenvalue weighted by Gasteiger charge is 2.23. The van der Waals surface area contributed by atoms with Crippen molar-refractivity contribution < 1.29 is 9.21 Å². The Morgan fingerprint density at radius 1 is 1.33 bits per heavy atom. The van der Waals surface area contributed by atoms with Crippen LogP contribution >= 0.6 is 11.3 Å². The molecule has 2 aromatic heterocycles. The van der Waals surface area contributed by atoms with Crippen molar-refractivity contribution in [3.63, 3.8) is 0 Å². The van der Waals surface area contributed by atoms with Gasteiger partial charge in [0, 0.05) is 44.2 Å². The molecule has 0 aromatic carbocycles. The zero-order chi connectivity index (χ0) is 14.7. The first kappa shape index (κ1) is 14.1. The van der Waals surface area contributed by atoms with E-state index in [1.54, 1.807) is 17.4 Å². The van der Waals surface area contributed by atoms with Gasteiger partial charge in [-0.15, -0.1) is 11.3 Å². The molecular weight excluding hydrogens is 286 g/mol. The van der Waals surface area contributed by atoms with Crippen molar-refractivity contribution >= 4 is 22.4 Å². The molecule has 3 rings (SSSR count). The predicted molar refractivity (Wildman–Crippen MR) is 82.9 cm³/mol. The third-order valence-electron chi connectivity index (χ3n) is 3.69. The summed E-state index contributed by atoms with van der Waals surface area (Å²) < 4.78 is 5.57. The third-order valence-corrected chi connectivity index (χ3v) is 4.53. The van der Waals surface area contributed by atoms with E-state index in [1.165, 1.54) is 0 Å². The molecule has 0 atom stereocenters. The fourth-order valence-electron chi connectivity index (χ4n) is 2.52. The first-order valence-corrected chi connectivity index (χ1v) is 8.18. The van der Waals surface area contributed by atoms with Crippen LogP contribution in [0, 0.1) is 0 Å². The minimum Gasteiger partial charge on any atom is -0.456 e. The van der Waals surface area contributed by atoms with E-state index in [1.807, 2.05) is 29.5 Å². The highest BCUT2D eigenvalue weighted by atomic mass is 32.1. The molecule has 112 valence electrons. The summed E-state index contributed by atoms with van der Waals surface area (Å²) in [7, 11) is 0. The van der Waals surface area contributed by atoms with Gasteiger partial charge in [-0.05, 0) is 18.6 Å². The fraction of sp³-hybridized carbons (Fsp3) is 0.467. The van der Waals surface area contributed by atoms with E-state index in [9.17, 15) is 4.79 Å². The molecule has 0 N–H and O–H groups in total. The maximum absolute atomic E-state index is 12.5. The number of amides is 1. The molecule has 0 spiro atoms. The van der Waals surface area contributed by atoms with Gasteiger partial charge in [-0.3, -0.25) is 4.79 Å². The molecule has 0 radical (unpaired) electrons. The number of furan rings is 1. The summed E-state index contributed by atoms with van der Waals surface area (Å²) in [4.78, 5) is 21.0. The van der Waals surface area contributed by atoms with Crippen molar-refractivity contribution in [2.75, 3.05) is 31.1 Å². The number of aryl methyl sites for hydroxylation is 1. The van der Waals surface area contributed by atoms with E-state index in [0.717, 1.165) is 43.4 Å². The van der Waals surface area contributed by atoms with E-state index in [0.29, 0.717) is 12.3 Å². The highest BCUT2D eigenvalue weighted by Crippen LogP contribution is 2.20. The summed E-state index contributed by atoms with van der Waals surface area (Å²) in [6.45, 7) is 5.25. The van der Waals surface area contributed by atoms with E-state index in [-0.39, 0.29) is 5.91 Å². The van der Waals surface area contributed by atoms with Crippen LogP contribution in [-0.4, -0.2) is 42.0 Å². The van der Waals surface area contributed by atoms with E-state index in [2.05, 4.69) is 9.88 Å². The molecule has 1 saturated heterocycles. The zero-order valence-corrected chi connectivity index (χ0v) is 12.9. The Labute approximate surface area is 128 Å². The van der Waals surface area contributed by atoms with Crippen LogP contribution in [0.25, 0.3) is 0 Å². The van der Waals surface area contributed by atoms with Gasteiger partial charge in [-0.25, -0.2) is 4.98 Å². The van der Waals surface area contributed by atoms with Crippen LogP contribution in [0.3, 0.4) is 0 Å². The minimum absolute atomic E-state index is 0.00399. The van der Waals surface area contributed by atoms with Crippen molar-refractivity contribution in [1.82, 2.24) is 9.88 Å². The molecule has 0 unspecified atom stereocenters. The largest absolute Gasteiger partial charge is 0.456 e. The first-order chi connectivity index (χ1) is 10.3. The molecular formula is C15H19N3O2S. The molecule has 1 amide bonds. The number of aromatic nitrogens is 1. The topological polar surface area (TPSA) is 49.6 Å². The SMILES string of the molecule is CCc1ccc(C(=O)N2CCCN(c3nccs3)CC2)o1. The number of rotatable bonds is 3. The van der Waals surface area contributed by atoms with Gasteiger partial charge in [-0.1, -0.05) is 6.92 Å². The third kappa shape index (κ3) is 3.10. The van der Waals surface area contributed by atoms with E-state index >= 15 is 0 Å². The Morgan fingerprint density at radius 2 is 2.24 bits per heavy atom. The van der Waals surface area contributed by atoms with Crippen molar-refractivity contribution in [1.29, 1.82) is 0 Å². The summed E-state index contributed by atoms with van der Waals surface area (Å²) in [5.74, 6) is 1.31. The molecule has 0 saturated carbocycles. The predicted octanol–water partition coefficient (Wildman–Crippen LogP) is 2.65. The standard InChI is InChI=1S/C15H19N3O2S/c1-2-12-4-5-13(20-12)14(19)17-7-3-8-18(10-9-17)15-16-6-11-21-15/h4-6,11H,2-3,7-10H2,1H3. The molecule has 0 aliphatic carbocycles. The van der Waals surface area contributed by atoms with Gasteiger partial charge in [0.25, 0.3) is 5.91 Å². The quantitative estimate of drug-likeness (QED) is 0.875. The number of hydrogen-bond acceptors (Lipinski definition) is 5. The normalized spacial score (nSPS) is 16.0. The second kappa shape index (κ2) is 6.30. The van der Waals surface area contributed by atoms with Crippen LogP contribution in [-0.2, 0) is 6.42 Å². The lowest BCUT2D eigenvalue weighted by Gasteiger charge is -2.20. The molecule has 1 fully saturated rings. The molecule has 2 aromatic rings. The molecule has 5 nitrogen and oxygen atoms in total. The van der Waals surface area contributed by atoms with Crippen LogP contribution in [0.4, 0.5) is 5.13 Å². The van der Waals surface area contributed by atoms with Crippen LogP contribution < -0.4 is 4.90 Å². The van der Waals surface area contributed by atoms with Crippen LogP contribution in [0.5, 0.6) is 0 Å². The molecule has 21 heavy (non-hydrogen) atoms. The zero-order valence-electron chi connectivity index (χ0n) is 12.1. The van der Waals surface area contributed by atoms with Gasteiger partial charge in [0.15, 0.2) is 10.9 Å². The van der Waals surface area contributed by atoms with E-state index in [4.69, 9.17) is 4.42 Å². The number of nitrogens with zero attached hydrogens (tertiary/aromatic N) is 3. The van der Waals surface area contributed by atoms with Crippen molar-refractivity contribution in [3.05, 3.63) is 35.2 Å². The van der Waals surface area contributed by atoms with Crippen molar-refractivity contribution in [2.24, 2.45) is 0 Å². The Balaban J connectivity index is 1.65. The average Bonchev–Trinajstić information content (AvgIpc) is 3.14. The number of carbonyl (C=O) groups is 1. The lowest BCUT2D eigenvalue weighted by molar-refractivity contribution is 0.0733. The highest BCUT2D eigenvalue weighted by molar-refractivity contribution is 7.13. The van der Waals surface area contributed by atoms with Crippen molar-refractivity contribution in [2.45, 2.75) is 19.8 Å². The Hall–Kier alpha value is -1.82. The summed E-state index contributed by atoms with van der Waals surface area (Å²) in [6, 6.07) is 3.66. The molecule has 1 aliphatic heterocycles. The van der Waals surface area contributed by atoms with Gasteiger partial charge >= 0.3 is 0 Å². The Kier molecular flexibility index (Phi) is 4.24. The lowest BCUT2D eigenvalue weighted by atomic mass is 10.3. The van der Waals surface area contributed by atoms with Crippen LogP contribution in [0.15, 0.2) is 28.1 Å². The van der Waals surface area contributed by atoms with Gasteiger partial charge in [0.2, 0.25) is 0 Å². The number of thiazole rings is 1. The Morgan fingerprint density at radius 3 is 2.95 bits per heavy atom. The van der Waals surface area contributed by atoms with E-state index < -0.39 is 0 Å². The second-order valence-corrected chi connectivity index (χ2v) is 5.94. The van der Waals surface area contributed by atoms with Crippen LogP contribution in [0.2, 0.25) is 0 Å². The lowest BCUT2D eigenvalue weighted by Crippen LogP contribution is -2.35. The van der Waals surface area contributed by atoms with Gasteiger partial charge < -0.3 is 14.2 Å². The van der Waals surface area contributed by atoms with Crippen molar-refractivity contribution in [3.8, 4) is 0 Å². The first-order valence-electron chi connectivity index (χ1n) is 7.30. The molecule has 3 heterocycles.